The van der Waals surface area contributed by atoms with Crippen molar-refractivity contribution < 1.29 is 9.90 Å². The smallest absolute Gasteiger partial charge is 0.216 e. The van der Waals surface area contributed by atoms with Gasteiger partial charge in [0.2, 0.25) is 4.77 Å². The summed E-state index contributed by atoms with van der Waals surface area (Å²) in [6.07, 6.45) is 1.56. The maximum absolute atomic E-state index is 10.7. The molecule has 24 heavy (non-hydrogen) atoms. The van der Waals surface area contributed by atoms with Crippen LogP contribution in [0, 0.1) is 4.77 Å². The van der Waals surface area contributed by atoms with E-state index < -0.39 is 5.97 Å². The predicted octanol–water partition coefficient (Wildman–Crippen LogP) is 2.51. The van der Waals surface area contributed by atoms with Crippen LogP contribution in [0.3, 0.4) is 0 Å². The minimum Gasteiger partial charge on any atom is -0.545 e. The monoisotopic (exact) mass is 357 g/mol. The fourth-order valence-corrected chi connectivity index (χ4v) is 2.32. The van der Waals surface area contributed by atoms with Crippen molar-refractivity contribution in [1.82, 2.24) is 14.9 Å². The number of hydrogen-bond donors (Lipinski definition) is 1. The number of H-pyrrole nitrogens is 1. The number of nitrogens with zero attached hydrogens (tertiary/aromatic N) is 3. The summed E-state index contributed by atoms with van der Waals surface area (Å²) in [6, 6.07) is 13.3. The highest BCUT2D eigenvalue weighted by atomic mass is 35.5. The molecule has 3 aromatic rings. The number of nitrogens with one attached hydrogen (secondary N) is 1. The maximum atomic E-state index is 10.7. The molecular formula is C16H10ClN4O2S-. The van der Waals surface area contributed by atoms with Crippen LogP contribution in [0.1, 0.15) is 15.9 Å². The first-order valence-corrected chi connectivity index (χ1v) is 7.62. The molecule has 0 aliphatic rings. The molecule has 3 rings (SSSR count). The summed E-state index contributed by atoms with van der Waals surface area (Å²) >= 11 is 11.1. The highest BCUT2D eigenvalue weighted by molar-refractivity contribution is 7.71. The summed E-state index contributed by atoms with van der Waals surface area (Å²) in [6.45, 7) is 0. The van der Waals surface area contributed by atoms with Gasteiger partial charge in [0.25, 0.3) is 0 Å². The lowest BCUT2D eigenvalue weighted by Gasteiger charge is -2.03. The number of aromatic amines is 1. The molecule has 0 bridgehead atoms. The molecule has 6 nitrogen and oxygen atoms in total. The molecule has 0 spiro atoms. The number of aromatic nitrogens is 3. The third kappa shape index (κ3) is 3.42. The summed E-state index contributed by atoms with van der Waals surface area (Å²) in [7, 11) is 0. The molecule has 0 unspecified atom stereocenters. The average Bonchev–Trinajstić information content (AvgIpc) is 2.95. The Labute approximate surface area is 147 Å². The van der Waals surface area contributed by atoms with Crippen LogP contribution in [-0.2, 0) is 0 Å². The second-order valence-corrected chi connectivity index (χ2v) is 5.65. The second kappa shape index (κ2) is 6.77. The number of carbonyl (C=O) groups is 1. The zero-order valence-electron chi connectivity index (χ0n) is 12.1. The molecule has 1 heterocycles. The number of aromatic carboxylic acids is 1. The molecule has 2 aromatic carbocycles. The predicted molar refractivity (Wildman–Crippen MR) is 91.6 cm³/mol. The average molecular weight is 358 g/mol. The van der Waals surface area contributed by atoms with Crippen molar-refractivity contribution in [3.05, 3.63) is 69.5 Å². The third-order valence-electron chi connectivity index (χ3n) is 3.22. The molecule has 1 N–H and O–H groups in total. The van der Waals surface area contributed by atoms with E-state index in [0.29, 0.717) is 21.2 Å². The third-order valence-corrected chi connectivity index (χ3v) is 3.74. The summed E-state index contributed by atoms with van der Waals surface area (Å²) < 4.78 is 1.81. The van der Waals surface area contributed by atoms with Crippen LogP contribution in [0.25, 0.3) is 11.4 Å². The molecular weight excluding hydrogens is 348 g/mol. The van der Waals surface area contributed by atoms with Crippen LogP contribution in [-0.4, -0.2) is 27.1 Å². The number of hydrogen-bond acceptors (Lipinski definition) is 5. The van der Waals surface area contributed by atoms with Crippen LogP contribution in [0.2, 0.25) is 5.02 Å². The first-order valence-electron chi connectivity index (χ1n) is 6.84. The topological polar surface area (TPSA) is 86.1 Å². The number of carboxylic acid groups (broad SMARTS) is 1. The van der Waals surface area contributed by atoms with Crippen molar-refractivity contribution in [2.75, 3.05) is 0 Å². The molecule has 8 heteroatoms. The SMILES string of the molecule is O=C([O-])c1ccc(/C=N\n2c(-c3ccc(Cl)cc3)n[nH]c2=S)cc1. The number of carboxylic acids is 1. The maximum Gasteiger partial charge on any atom is 0.216 e. The van der Waals surface area contributed by atoms with Gasteiger partial charge in [-0.3, -0.25) is 0 Å². The lowest BCUT2D eigenvalue weighted by atomic mass is 10.1. The van der Waals surface area contributed by atoms with E-state index in [1.165, 1.54) is 16.8 Å². The summed E-state index contributed by atoms with van der Waals surface area (Å²) in [5.74, 6) is -0.681. The first-order chi connectivity index (χ1) is 11.5. The Hall–Kier alpha value is -2.77. The van der Waals surface area contributed by atoms with Gasteiger partial charge in [0.05, 0.1) is 12.2 Å². The minimum atomic E-state index is -1.22. The Balaban J connectivity index is 1.92. The van der Waals surface area contributed by atoms with E-state index in [0.717, 1.165) is 5.56 Å². The Morgan fingerprint density at radius 3 is 2.50 bits per heavy atom. The normalized spacial score (nSPS) is 11.0. The molecule has 120 valence electrons. The minimum absolute atomic E-state index is 0.105. The Kier molecular flexibility index (Phi) is 4.54. The second-order valence-electron chi connectivity index (χ2n) is 4.83. The van der Waals surface area contributed by atoms with Crippen LogP contribution in [0.15, 0.2) is 53.6 Å². The van der Waals surface area contributed by atoms with Crippen LogP contribution >= 0.6 is 23.8 Å². The van der Waals surface area contributed by atoms with Crippen molar-refractivity contribution in [2.24, 2.45) is 5.10 Å². The van der Waals surface area contributed by atoms with Gasteiger partial charge in [0.15, 0.2) is 5.82 Å². The van der Waals surface area contributed by atoms with Crippen molar-refractivity contribution >= 4 is 36.0 Å². The molecule has 0 aliphatic heterocycles. The molecule has 0 radical (unpaired) electrons. The summed E-state index contributed by atoms with van der Waals surface area (Å²) in [5, 5.41) is 22.5. The van der Waals surface area contributed by atoms with Gasteiger partial charge in [-0.25, -0.2) is 5.10 Å². The Bertz CT molecular complexity index is 959. The van der Waals surface area contributed by atoms with Crippen LogP contribution in [0.4, 0.5) is 0 Å². The standard InChI is InChI=1S/C16H11ClN4O2S/c17-13-7-5-11(6-8-13)14-19-20-16(24)21(14)18-9-10-1-3-12(4-2-10)15(22)23/h1-9H,(H,20,24)(H,22,23)/p-1/b18-9-. The van der Waals surface area contributed by atoms with E-state index in [1.54, 1.807) is 30.5 Å². The summed E-state index contributed by atoms with van der Waals surface area (Å²) in [4.78, 5) is 10.7. The van der Waals surface area contributed by atoms with Gasteiger partial charge >= 0.3 is 0 Å². The van der Waals surface area contributed by atoms with E-state index in [1.807, 2.05) is 12.1 Å². The van der Waals surface area contributed by atoms with E-state index in [9.17, 15) is 9.90 Å². The molecule has 1 aromatic heterocycles. The molecule has 0 saturated carbocycles. The van der Waals surface area contributed by atoms with E-state index in [-0.39, 0.29) is 5.56 Å². The zero-order chi connectivity index (χ0) is 17.1. The van der Waals surface area contributed by atoms with Crippen LogP contribution in [0.5, 0.6) is 0 Å². The molecule has 0 aliphatic carbocycles. The first kappa shape index (κ1) is 16.1. The largest absolute Gasteiger partial charge is 0.545 e. The van der Waals surface area contributed by atoms with Gasteiger partial charge in [-0.2, -0.15) is 14.9 Å². The van der Waals surface area contributed by atoms with E-state index >= 15 is 0 Å². The number of carbonyl (C=O) groups excluding carboxylic acids is 1. The Morgan fingerprint density at radius 1 is 1.21 bits per heavy atom. The van der Waals surface area contributed by atoms with Gasteiger partial charge in [-0.15, -0.1) is 0 Å². The van der Waals surface area contributed by atoms with Crippen LogP contribution < -0.4 is 5.11 Å². The lowest BCUT2D eigenvalue weighted by molar-refractivity contribution is -0.255. The van der Waals surface area contributed by atoms with Gasteiger partial charge < -0.3 is 9.90 Å². The number of halogens is 1. The quantitative estimate of drug-likeness (QED) is 0.574. The molecule has 0 fully saturated rings. The van der Waals surface area contributed by atoms with E-state index in [4.69, 9.17) is 23.8 Å². The molecule has 0 atom stereocenters. The van der Waals surface area contributed by atoms with Gasteiger partial charge in [-0.1, -0.05) is 35.9 Å². The fourth-order valence-electron chi connectivity index (χ4n) is 2.01. The molecule has 0 amide bonds. The van der Waals surface area contributed by atoms with Crippen molar-refractivity contribution in [1.29, 1.82) is 0 Å². The Morgan fingerprint density at radius 2 is 1.88 bits per heavy atom. The van der Waals surface area contributed by atoms with E-state index in [2.05, 4.69) is 15.3 Å². The van der Waals surface area contributed by atoms with Crippen molar-refractivity contribution in [3.63, 3.8) is 0 Å². The highest BCUT2D eigenvalue weighted by Crippen LogP contribution is 2.19. The molecule has 0 saturated heterocycles. The van der Waals surface area contributed by atoms with Crippen molar-refractivity contribution in [3.8, 4) is 11.4 Å². The zero-order valence-corrected chi connectivity index (χ0v) is 13.7. The fraction of sp³-hybridized carbons (Fsp3) is 0. The van der Waals surface area contributed by atoms with Crippen molar-refractivity contribution in [2.45, 2.75) is 0 Å². The van der Waals surface area contributed by atoms with Gasteiger partial charge in [-0.05, 0) is 47.6 Å². The highest BCUT2D eigenvalue weighted by Gasteiger charge is 2.07. The van der Waals surface area contributed by atoms with Gasteiger partial charge in [0, 0.05) is 10.6 Å². The summed E-state index contributed by atoms with van der Waals surface area (Å²) in [5.41, 5.74) is 1.62. The van der Waals surface area contributed by atoms with Gasteiger partial charge in [0.1, 0.15) is 0 Å². The number of benzene rings is 2. The lowest BCUT2D eigenvalue weighted by Crippen LogP contribution is -2.21. The number of rotatable bonds is 4.